The minimum absolute atomic E-state index is 0.106. The summed E-state index contributed by atoms with van der Waals surface area (Å²) in [5, 5.41) is 22.6. The first-order valence-corrected chi connectivity index (χ1v) is 9.62. The van der Waals surface area contributed by atoms with Crippen LogP contribution in [0, 0.1) is 10.1 Å². The zero-order valence-electron chi connectivity index (χ0n) is 15.9. The number of nitrogens with zero attached hydrogens (tertiary/aromatic N) is 2. The van der Waals surface area contributed by atoms with Crippen molar-refractivity contribution in [2.24, 2.45) is 0 Å². The number of benzene rings is 3. The maximum Gasteiger partial charge on any atom is 0.300 e. The number of hydrogen-bond acceptors (Lipinski definition) is 5. The third kappa shape index (κ3) is 3.67. The molecule has 1 amide bonds. The molecular weight excluding hydrogens is 420 g/mol. The van der Waals surface area contributed by atoms with E-state index in [-0.39, 0.29) is 22.7 Å². The fourth-order valence-corrected chi connectivity index (χ4v) is 3.69. The maximum absolute atomic E-state index is 13.0. The Hall–Kier alpha value is -3.97. The van der Waals surface area contributed by atoms with Crippen molar-refractivity contribution in [3.63, 3.8) is 0 Å². The van der Waals surface area contributed by atoms with E-state index in [4.69, 9.17) is 11.6 Å². The smallest absolute Gasteiger partial charge is 0.300 e. The molecule has 7 nitrogen and oxygen atoms in total. The zero-order valence-corrected chi connectivity index (χ0v) is 16.7. The van der Waals surface area contributed by atoms with Gasteiger partial charge in [-0.2, -0.15) is 0 Å². The summed E-state index contributed by atoms with van der Waals surface area (Å²) in [5.41, 5.74) is 0.733. The number of carbonyl (C=O) groups is 2. The van der Waals surface area contributed by atoms with Crippen molar-refractivity contribution in [3.05, 3.63) is 111 Å². The van der Waals surface area contributed by atoms with Crippen LogP contribution in [0.3, 0.4) is 0 Å². The van der Waals surface area contributed by atoms with Crippen molar-refractivity contribution in [1.29, 1.82) is 0 Å². The van der Waals surface area contributed by atoms with Gasteiger partial charge in [0.15, 0.2) is 0 Å². The van der Waals surface area contributed by atoms with Gasteiger partial charge in [-0.05, 0) is 23.8 Å². The summed E-state index contributed by atoms with van der Waals surface area (Å²) in [4.78, 5) is 37.8. The number of anilines is 1. The van der Waals surface area contributed by atoms with Gasteiger partial charge in [-0.25, -0.2) is 0 Å². The zero-order chi connectivity index (χ0) is 22.1. The number of halogens is 1. The molecule has 3 aromatic rings. The largest absolute Gasteiger partial charge is 0.507 e. The first kappa shape index (κ1) is 20.3. The molecule has 0 spiro atoms. The fourth-order valence-electron chi connectivity index (χ4n) is 3.57. The summed E-state index contributed by atoms with van der Waals surface area (Å²) in [7, 11) is 0. The van der Waals surface area contributed by atoms with Crippen molar-refractivity contribution >= 4 is 40.4 Å². The monoisotopic (exact) mass is 434 g/mol. The first-order valence-electron chi connectivity index (χ1n) is 9.25. The Morgan fingerprint density at radius 3 is 2.29 bits per heavy atom. The molecular formula is C23H15ClN2O5. The van der Waals surface area contributed by atoms with Crippen LogP contribution in [0.4, 0.5) is 11.4 Å². The molecule has 1 fully saturated rings. The molecule has 1 aliphatic heterocycles. The second-order valence-corrected chi connectivity index (χ2v) is 7.30. The number of aliphatic hydroxyl groups is 1. The molecule has 8 heteroatoms. The third-order valence-corrected chi connectivity index (χ3v) is 5.25. The quantitative estimate of drug-likeness (QED) is 0.207. The first-order chi connectivity index (χ1) is 14.9. The number of Topliss-reactive ketones (excluding diaryl/α,β-unsaturated/α-hetero) is 1. The minimum atomic E-state index is -0.987. The Labute approximate surface area is 182 Å². The van der Waals surface area contributed by atoms with E-state index in [2.05, 4.69) is 0 Å². The molecule has 1 heterocycles. The standard InChI is InChI=1S/C23H15ClN2O5/c24-16-11-9-14(10-12-16)20-19(21(27)15-5-2-1-3-6-15)22(28)23(29)25(20)17-7-4-8-18(13-17)26(30)31/h1-13,20,27H/b21-19+. The number of amides is 1. The lowest BCUT2D eigenvalue weighted by Gasteiger charge is -2.25. The van der Waals surface area contributed by atoms with E-state index in [9.17, 15) is 24.8 Å². The van der Waals surface area contributed by atoms with Crippen LogP contribution in [0.1, 0.15) is 17.2 Å². The number of ketones is 1. The highest BCUT2D eigenvalue weighted by Crippen LogP contribution is 2.42. The van der Waals surface area contributed by atoms with E-state index in [0.717, 1.165) is 4.90 Å². The molecule has 31 heavy (non-hydrogen) atoms. The number of carbonyl (C=O) groups excluding carboxylic acids is 2. The highest BCUT2D eigenvalue weighted by Gasteiger charge is 2.47. The lowest BCUT2D eigenvalue weighted by atomic mass is 9.95. The van der Waals surface area contributed by atoms with Gasteiger partial charge in [-0.1, -0.05) is 60.1 Å². The van der Waals surface area contributed by atoms with Crippen LogP contribution in [0.15, 0.2) is 84.4 Å². The van der Waals surface area contributed by atoms with E-state index in [1.807, 2.05) is 0 Å². The fraction of sp³-hybridized carbons (Fsp3) is 0.0435. The van der Waals surface area contributed by atoms with Crippen molar-refractivity contribution in [1.82, 2.24) is 0 Å². The molecule has 3 aromatic carbocycles. The van der Waals surface area contributed by atoms with E-state index >= 15 is 0 Å². The van der Waals surface area contributed by atoms with Crippen molar-refractivity contribution in [2.75, 3.05) is 4.90 Å². The summed E-state index contributed by atoms with van der Waals surface area (Å²) < 4.78 is 0. The maximum atomic E-state index is 13.0. The average Bonchev–Trinajstić information content (AvgIpc) is 3.05. The minimum Gasteiger partial charge on any atom is -0.507 e. The van der Waals surface area contributed by atoms with Gasteiger partial charge in [0.2, 0.25) is 0 Å². The Bertz CT molecular complexity index is 1220. The number of hydrogen-bond donors (Lipinski definition) is 1. The number of nitro benzene ring substituents is 1. The van der Waals surface area contributed by atoms with Gasteiger partial charge in [0.25, 0.3) is 17.4 Å². The van der Waals surface area contributed by atoms with Crippen LogP contribution >= 0.6 is 11.6 Å². The van der Waals surface area contributed by atoms with E-state index in [0.29, 0.717) is 16.1 Å². The molecule has 1 atom stereocenters. The summed E-state index contributed by atoms with van der Waals surface area (Å²) in [6, 6.07) is 19.3. The molecule has 4 rings (SSSR count). The summed E-state index contributed by atoms with van der Waals surface area (Å²) >= 11 is 6.00. The van der Waals surface area contributed by atoms with Gasteiger partial charge in [-0.3, -0.25) is 24.6 Å². The average molecular weight is 435 g/mol. The lowest BCUT2D eigenvalue weighted by molar-refractivity contribution is -0.384. The van der Waals surface area contributed by atoms with Crippen LogP contribution in [-0.2, 0) is 9.59 Å². The highest BCUT2D eigenvalue weighted by molar-refractivity contribution is 6.51. The topological polar surface area (TPSA) is 101 Å². The van der Waals surface area contributed by atoms with E-state index in [1.165, 1.54) is 24.3 Å². The van der Waals surface area contributed by atoms with E-state index < -0.39 is 22.7 Å². The van der Waals surface area contributed by atoms with Crippen LogP contribution in [0.2, 0.25) is 5.02 Å². The van der Waals surface area contributed by atoms with Crippen molar-refractivity contribution < 1.29 is 19.6 Å². The molecule has 1 saturated heterocycles. The highest BCUT2D eigenvalue weighted by atomic mass is 35.5. The number of aliphatic hydroxyl groups excluding tert-OH is 1. The normalized spacial score (nSPS) is 17.7. The second-order valence-electron chi connectivity index (χ2n) is 6.86. The molecule has 0 aromatic heterocycles. The molecule has 0 bridgehead atoms. The van der Waals surface area contributed by atoms with Crippen LogP contribution in [0.25, 0.3) is 5.76 Å². The molecule has 0 radical (unpaired) electrons. The van der Waals surface area contributed by atoms with Gasteiger partial charge >= 0.3 is 0 Å². The van der Waals surface area contributed by atoms with Crippen molar-refractivity contribution in [2.45, 2.75) is 6.04 Å². The summed E-state index contributed by atoms with van der Waals surface area (Å²) in [6.07, 6.45) is 0. The lowest BCUT2D eigenvalue weighted by Crippen LogP contribution is -2.29. The Morgan fingerprint density at radius 2 is 1.65 bits per heavy atom. The predicted octanol–water partition coefficient (Wildman–Crippen LogP) is 4.87. The summed E-state index contributed by atoms with van der Waals surface area (Å²) in [6.45, 7) is 0. The molecule has 1 N–H and O–H groups in total. The molecule has 154 valence electrons. The van der Waals surface area contributed by atoms with Gasteiger partial charge in [0, 0.05) is 22.7 Å². The third-order valence-electron chi connectivity index (χ3n) is 5.00. The van der Waals surface area contributed by atoms with Crippen LogP contribution < -0.4 is 4.90 Å². The number of non-ortho nitro benzene ring substituents is 1. The summed E-state index contributed by atoms with van der Waals surface area (Å²) in [5.74, 6) is -2.10. The molecule has 1 aliphatic rings. The predicted molar refractivity (Wildman–Crippen MR) is 116 cm³/mol. The Morgan fingerprint density at radius 1 is 0.968 bits per heavy atom. The SMILES string of the molecule is O=C1C(=O)N(c2cccc([N+](=O)[O-])c2)C(c2ccc(Cl)cc2)/C1=C(\O)c1ccccc1. The Balaban J connectivity index is 1.95. The van der Waals surface area contributed by atoms with Gasteiger partial charge in [0.05, 0.1) is 22.2 Å². The van der Waals surface area contributed by atoms with Gasteiger partial charge < -0.3 is 5.11 Å². The second kappa shape index (κ2) is 8.04. The van der Waals surface area contributed by atoms with Gasteiger partial charge in [0.1, 0.15) is 5.76 Å². The number of nitro groups is 1. The van der Waals surface area contributed by atoms with Crippen LogP contribution in [0.5, 0.6) is 0 Å². The molecule has 1 unspecified atom stereocenters. The van der Waals surface area contributed by atoms with E-state index in [1.54, 1.807) is 54.6 Å². The van der Waals surface area contributed by atoms with Crippen LogP contribution in [-0.4, -0.2) is 21.7 Å². The Kier molecular flexibility index (Phi) is 5.27. The van der Waals surface area contributed by atoms with Crippen molar-refractivity contribution in [3.8, 4) is 0 Å². The number of rotatable bonds is 4. The van der Waals surface area contributed by atoms with Gasteiger partial charge in [-0.15, -0.1) is 0 Å². The molecule has 0 aliphatic carbocycles. The molecule has 0 saturated carbocycles.